The highest BCUT2D eigenvalue weighted by Gasteiger charge is 2.46. The molecule has 1 aromatic rings. The van der Waals surface area contributed by atoms with Crippen LogP contribution in [0.3, 0.4) is 0 Å². The van der Waals surface area contributed by atoms with E-state index >= 15 is 0 Å². The molecule has 1 nitrogen and oxygen atoms in total. The molecular weight excluding hydrogens is 305 g/mol. The molecule has 1 rings (SSSR count). The normalized spacial score (nSPS) is 14.6. The molecule has 0 heterocycles. The minimum atomic E-state index is -5.46. The first kappa shape index (κ1) is 16.6. The Morgan fingerprint density at radius 1 is 0.850 bits per heavy atom. The summed E-state index contributed by atoms with van der Waals surface area (Å²) in [6, 6.07) is -3.28. The molecule has 0 spiro atoms. The number of nitrogens with two attached hydrogens (primary N) is 1. The molecule has 114 valence electrons. The molecule has 0 unspecified atom stereocenters. The second-order valence-electron chi connectivity index (χ2n) is 3.87. The van der Waals surface area contributed by atoms with Crippen LogP contribution in [-0.4, -0.2) is 6.18 Å². The van der Waals surface area contributed by atoms with Crippen LogP contribution in [0.2, 0.25) is 0 Å². The lowest BCUT2D eigenvalue weighted by Crippen LogP contribution is -2.31. The van der Waals surface area contributed by atoms with Crippen LogP contribution >= 0.6 is 0 Å². The number of hydrogen-bond donors (Lipinski definition) is 1. The Labute approximate surface area is 106 Å². The zero-order valence-electron chi connectivity index (χ0n) is 9.56. The van der Waals surface area contributed by atoms with Crippen molar-refractivity contribution in [2.75, 3.05) is 0 Å². The molecule has 1 aromatic carbocycles. The van der Waals surface area contributed by atoms with Gasteiger partial charge in [0.15, 0.2) is 11.6 Å². The summed E-state index contributed by atoms with van der Waals surface area (Å²) in [6.45, 7) is 0.382. The van der Waals surface area contributed by atoms with Crippen molar-refractivity contribution < 1.29 is 39.5 Å². The standard InChI is InChI=1S/C10H6F9N/c1-2-4(9(14,15)16)7(13)6(12)3(5(2)11)8(20)10(17,18)19/h8H,20H2,1H3/t8-/m1/s1. The molecule has 0 aromatic heterocycles. The van der Waals surface area contributed by atoms with Gasteiger partial charge in [0.25, 0.3) is 0 Å². The van der Waals surface area contributed by atoms with Crippen molar-refractivity contribution in [1.29, 1.82) is 0 Å². The average Bonchev–Trinajstić information content (AvgIpc) is 2.23. The van der Waals surface area contributed by atoms with Crippen molar-refractivity contribution in [1.82, 2.24) is 0 Å². The van der Waals surface area contributed by atoms with Crippen molar-refractivity contribution >= 4 is 0 Å². The van der Waals surface area contributed by atoms with E-state index in [2.05, 4.69) is 5.73 Å². The average molecular weight is 311 g/mol. The Morgan fingerprint density at radius 3 is 1.65 bits per heavy atom. The van der Waals surface area contributed by atoms with Crippen LogP contribution in [0.15, 0.2) is 0 Å². The first-order valence-electron chi connectivity index (χ1n) is 4.86. The summed E-state index contributed by atoms with van der Waals surface area (Å²) in [6.07, 6.45) is -10.8. The molecule has 0 amide bonds. The zero-order chi connectivity index (χ0) is 16.0. The van der Waals surface area contributed by atoms with E-state index in [-0.39, 0.29) is 0 Å². The third kappa shape index (κ3) is 2.69. The maximum Gasteiger partial charge on any atom is 0.419 e. The van der Waals surface area contributed by atoms with Gasteiger partial charge in [-0.05, 0) is 6.92 Å². The highest BCUT2D eigenvalue weighted by molar-refractivity contribution is 5.39. The maximum absolute atomic E-state index is 13.5. The smallest absolute Gasteiger partial charge is 0.316 e. The summed E-state index contributed by atoms with van der Waals surface area (Å²) < 4.78 is 114. The van der Waals surface area contributed by atoms with Crippen molar-refractivity contribution in [3.8, 4) is 0 Å². The summed E-state index contributed by atoms with van der Waals surface area (Å²) in [4.78, 5) is 0. The molecule has 20 heavy (non-hydrogen) atoms. The minimum Gasteiger partial charge on any atom is -0.316 e. The predicted molar refractivity (Wildman–Crippen MR) is 49.0 cm³/mol. The van der Waals surface area contributed by atoms with E-state index in [1.54, 1.807) is 0 Å². The van der Waals surface area contributed by atoms with Gasteiger partial charge in [-0.2, -0.15) is 26.3 Å². The largest absolute Gasteiger partial charge is 0.419 e. The van der Waals surface area contributed by atoms with Crippen LogP contribution in [0.1, 0.15) is 22.7 Å². The van der Waals surface area contributed by atoms with Gasteiger partial charge in [-0.25, -0.2) is 13.2 Å². The predicted octanol–water partition coefficient (Wildman–Crippen LogP) is 3.99. The monoisotopic (exact) mass is 311 g/mol. The highest BCUT2D eigenvalue weighted by atomic mass is 19.4. The second-order valence-corrected chi connectivity index (χ2v) is 3.87. The fourth-order valence-electron chi connectivity index (χ4n) is 1.57. The lowest BCUT2D eigenvalue weighted by Gasteiger charge is -2.21. The SMILES string of the molecule is Cc1c(F)c([C@@H](N)C(F)(F)F)c(F)c(F)c1C(F)(F)F. The number of rotatable bonds is 1. The summed E-state index contributed by atoms with van der Waals surface area (Å²) in [5.74, 6) is -7.41. The molecule has 0 fully saturated rings. The van der Waals surface area contributed by atoms with Crippen molar-refractivity contribution in [2.45, 2.75) is 25.3 Å². The first-order valence-corrected chi connectivity index (χ1v) is 4.86. The maximum atomic E-state index is 13.5. The molecule has 1 atom stereocenters. The van der Waals surface area contributed by atoms with Crippen LogP contribution in [-0.2, 0) is 6.18 Å². The quantitative estimate of drug-likeness (QED) is 0.616. The molecule has 0 saturated heterocycles. The van der Waals surface area contributed by atoms with Gasteiger partial charge in [0.1, 0.15) is 17.4 Å². The molecule has 2 N–H and O–H groups in total. The third-order valence-corrected chi connectivity index (χ3v) is 2.54. The van der Waals surface area contributed by atoms with Crippen LogP contribution in [0.4, 0.5) is 39.5 Å². The van der Waals surface area contributed by atoms with E-state index in [1.165, 1.54) is 0 Å². The topological polar surface area (TPSA) is 26.0 Å². The van der Waals surface area contributed by atoms with Gasteiger partial charge in [-0.1, -0.05) is 0 Å². The zero-order valence-corrected chi connectivity index (χ0v) is 9.56. The van der Waals surface area contributed by atoms with Gasteiger partial charge in [-0.15, -0.1) is 0 Å². The van der Waals surface area contributed by atoms with Crippen molar-refractivity contribution in [3.63, 3.8) is 0 Å². The number of hydrogen-bond acceptors (Lipinski definition) is 1. The fraction of sp³-hybridized carbons (Fsp3) is 0.400. The van der Waals surface area contributed by atoms with Crippen LogP contribution in [0.25, 0.3) is 0 Å². The van der Waals surface area contributed by atoms with Gasteiger partial charge < -0.3 is 5.73 Å². The van der Waals surface area contributed by atoms with Crippen LogP contribution < -0.4 is 5.73 Å². The molecule has 0 aliphatic carbocycles. The van der Waals surface area contributed by atoms with Gasteiger partial charge in [-0.3, -0.25) is 0 Å². The van der Waals surface area contributed by atoms with Gasteiger partial charge >= 0.3 is 12.4 Å². The molecule has 0 aliphatic rings. The Morgan fingerprint density at radius 2 is 1.30 bits per heavy atom. The van der Waals surface area contributed by atoms with E-state index in [4.69, 9.17) is 0 Å². The van der Waals surface area contributed by atoms with Gasteiger partial charge in [0, 0.05) is 5.56 Å². The van der Waals surface area contributed by atoms with Gasteiger partial charge in [0.05, 0.1) is 5.56 Å². The summed E-state index contributed by atoms with van der Waals surface area (Å²) in [5, 5.41) is 0. The molecule has 0 bridgehead atoms. The van der Waals surface area contributed by atoms with Gasteiger partial charge in [0.2, 0.25) is 0 Å². The molecule has 0 saturated carbocycles. The van der Waals surface area contributed by atoms with E-state index in [0.717, 1.165) is 0 Å². The number of benzene rings is 1. The Kier molecular flexibility index (Phi) is 4.01. The molecule has 10 heteroatoms. The number of alkyl halides is 6. The molecular formula is C10H6F9N. The molecule has 0 aliphatic heterocycles. The summed E-state index contributed by atoms with van der Waals surface area (Å²) in [7, 11) is 0. The Hall–Kier alpha value is -1.45. The Balaban J connectivity index is 3.70. The van der Waals surface area contributed by atoms with E-state index in [9.17, 15) is 39.5 Å². The van der Waals surface area contributed by atoms with Crippen molar-refractivity contribution in [3.05, 3.63) is 34.1 Å². The minimum absolute atomic E-state index is 0.382. The second kappa shape index (κ2) is 4.83. The van der Waals surface area contributed by atoms with E-state index < -0.39 is 52.5 Å². The fourth-order valence-corrected chi connectivity index (χ4v) is 1.57. The van der Waals surface area contributed by atoms with E-state index in [0.29, 0.717) is 6.92 Å². The summed E-state index contributed by atoms with van der Waals surface area (Å²) in [5.41, 5.74) is -1.26. The number of halogens is 9. The van der Waals surface area contributed by atoms with Crippen molar-refractivity contribution in [2.24, 2.45) is 5.73 Å². The first-order chi connectivity index (χ1) is 8.80. The lowest BCUT2D eigenvalue weighted by atomic mass is 9.97. The van der Waals surface area contributed by atoms with Crippen LogP contribution in [0, 0.1) is 24.4 Å². The highest BCUT2D eigenvalue weighted by Crippen LogP contribution is 2.41. The third-order valence-electron chi connectivity index (χ3n) is 2.54. The summed E-state index contributed by atoms with van der Waals surface area (Å²) >= 11 is 0. The lowest BCUT2D eigenvalue weighted by molar-refractivity contribution is -0.150. The van der Waals surface area contributed by atoms with E-state index in [1.807, 2.05) is 0 Å². The molecule has 0 radical (unpaired) electrons. The Bertz CT molecular complexity index is 500. The van der Waals surface area contributed by atoms with Crippen LogP contribution in [0.5, 0.6) is 0 Å².